The molecule has 0 aromatic heterocycles. The van der Waals surface area contributed by atoms with Crippen LogP contribution >= 0.6 is 0 Å². The van der Waals surface area contributed by atoms with Crippen molar-refractivity contribution in [1.82, 2.24) is 5.32 Å². The summed E-state index contributed by atoms with van der Waals surface area (Å²) in [6.07, 6.45) is 5.93. The molecule has 0 fully saturated rings. The second kappa shape index (κ2) is 9.74. The van der Waals surface area contributed by atoms with Gasteiger partial charge in [0.2, 0.25) is 0 Å². The lowest BCUT2D eigenvalue weighted by atomic mass is 9.88. The maximum atomic E-state index is 12.2. The van der Waals surface area contributed by atoms with Crippen molar-refractivity contribution in [2.24, 2.45) is 0 Å². The van der Waals surface area contributed by atoms with Gasteiger partial charge in [-0.25, -0.2) is 4.79 Å². The third-order valence-corrected chi connectivity index (χ3v) is 4.65. The normalized spacial score (nSPS) is 15.7. The fourth-order valence-corrected chi connectivity index (χ4v) is 3.33. The van der Waals surface area contributed by atoms with Gasteiger partial charge in [-0.15, -0.1) is 0 Å². The Morgan fingerprint density at radius 1 is 1.14 bits per heavy atom. The van der Waals surface area contributed by atoms with Crippen LogP contribution in [0.5, 0.6) is 5.75 Å². The van der Waals surface area contributed by atoms with E-state index in [0.29, 0.717) is 6.61 Å². The molecule has 1 atom stereocenters. The Morgan fingerprint density at radius 3 is 2.71 bits per heavy atom. The minimum atomic E-state index is -0.548. The molecule has 28 heavy (non-hydrogen) atoms. The number of rotatable bonds is 7. The highest BCUT2D eigenvalue weighted by Crippen LogP contribution is 2.29. The van der Waals surface area contributed by atoms with Crippen LogP contribution < -0.4 is 10.1 Å². The molecule has 0 saturated carbocycles. The number of hydrogen-bond donors (Lipinski definition) is 1. The van der Waals surface area contributed by atoms with E-state index in [4.69, 9.17) is 9.47 Å². The van der Waals surface area contributed by atoms with Gasteiger partial charge in [-0.1, -0.05) is 36.4 Å². The van der Waals surface area contributed by atoms with Crippen molar-refractivity contribution < 1.29 is 19.1 Å². The number of amides is 1. The van der Waals surface area contributed by atoms with Gasteiger partial charge in [-0.05, 0) is 61.1 Å². The molecular weight excluding hydrogens is 354 g/mol. The predicted molar refractivity (Wildman–Crippen MR) is 108 cm³/mol. The molecule has 1 aliphatic carbocycles. The summed E-state index contributed by atoms with van der Waals surface area (Å²) in [6, 6.07) is 15.5. The lowest BCUT2D eigenvalue weighted by molar-refractivity contribution is -0.144. The second-order valence-electron chi connectivity index (χ2n) is 6.65. The summed E-state index contributed by atoms with van der Waals surface area (Å²) in [7, 11) is 0. The zero-order valence-corrected chi connectivity index (χ0v) is 16.0. The molecule has 3 rings (SSSR count). The van der Waals surface area contributed by atoms with Crippen molar-refractivity contribution in [3.63, 3.8) is 0 Å². The Morgan fingerprint density at radius 2 is 1.93 bits per heavy atom. The number of benzene rings is 2. The Bertz CT molecular complexity index is 842. The number of fused-ring (bicyclic) bond motifs is 1. The third-order valence-electron chi connectivity index (χ3n) is 4.65. The third kappa shape index (κ3) is 5.46. The minimum Gasteiger partial charge on any atom is -0.494 e. The number of esters is 1. The van der Waals surface area contributed by atoms with Crippen molar-refractivity contribution in [1.29, 1.82) is 0 Å². The standard InChI is InChI=1S/C23H25NO4/c1-2-27-19-13-10-17(11-14-19)12-15-23(26)28-16-22(25)24-21-9-5-7-18-6-3-4-8-20(18)21/h3-4,6,8,10-15,21H,2,5,7,9,16H2,1H3,(H,24,25)/b15-12+. The highest BCUT2D eigenvalue weighted by atomic mass is 16.5. The molecule has 5 heteroatoms. The first-order valence-corrected chi connectivity index (χ1v) is 9.60. The van der Waals surface area contributed by atoms with E-state index >= 15 is 0 Å². The van der Waals surface area contributed by atoms with E-state index in [1.54, 1.807) is 6.08 Å². The van der Waals surface area contributed by atoms with E-state index in [2.05, 4.69) is 11.4 Å². The molecule has 1 aliphatic rings. The summed E-state index contributed by atoms with van der Waals surface area (Å²) in [4.78, 5) is 24.0. The molecule has 0 spiro atoms. The molecule has 2 aromatic carbocycles. The van der Waals surface area contributed by atoms with Crippen LogP contribution in [0.4, 0.5) is 0 Å². The van der Waals surface area contributed by atoms with Crippen LogP contribution in [0.3, 0.4) is 0 Å². The molecular formula is C23H25NO4. The molecule has 2 aromatic rings. The molecule has 5 nitrogen and oxygen atoms in total. The van der Waals surface area contributed by atoms with Gasteiger partial charge in [0.05, 0.1) is 12.6 Å². The number of hydrogen-bond acceptors (Lipinski definition) is 4. The van der Waals surface area contributed by atoms with Gasteiger partial charge in [0.1, 0.15) is 5.75 Å². The van der Waals surface area contributed by atoms with Crippen LogP contribution in [0, 0.1) is 0 Å². The van der Waals surface area contributed by atoms with Crippen LogP contribution in [0.2, 0.25) is 0 Å². The fourth-order valence-electron chi connectivity index (χ4n) is 3.33. The maximum Gasteiger partial charge on any atom is 0.331 e. The maximum absolute atomic E-state index is 12.2. The lowest BCUT2D eigenvalue weighted by Crippen LogP contribution is -2.34. The van der Waals surface area contributed by atoms with Crippen LogP contribution in [0.25, 0.3) is 6.08 Å². The van der Waals surface area contributed by atoms with Crippen molar-refractivity contribution in [2.45, 2.75) is 32.2 Å². The van der Waals surface area contributed by atoms with Crippen LogP contribution in [0.1, 0.15) is 42.5 Å². The first-order chi connectivity index (χ1) is 13.7. The van der Waals surface area contributed by atoms with E-state index in [0.717, 1.165) is 36.1 Å². The SMILES string of the molecule is CCOc1ccc(/C=C/C(=O)OCC(=O)NC2CCCc3ccccc32)cc1. The summed E-state index contributed by atoms with van der Waals surface area (Å²) in [5.74, 6) is -0.0548. The molecule has 0 saturated heterocycles. The Labute approximate surface area is 165 Å². The molecule has 1 amide bonds. The molecule has 1 unspecified atom stereocenters. The topological polar surface area (TPSA) is 64.6 Å². The van der Waals surface area contributed by atoms with E-state index in [-0.39, 0.29) is 18.6 Å². The Hall–Kier alpha value is -3.08. The van der Waals surface area contributed by atoms with E-state index in [1.807, 2.05) is 49.4 Å². The zero-order valence-electron chi connectivity index (χ0n) is 16.0. The average molecular weight is 379 g/mol. The van der Waals surface area contributed by atoms with E-state index in [1.165, 1.54) is 11.6 Å². The van der Waals surface area contributed by atoms with Gasteiger partial charge in [-0.3, -0.25) is 4.79 Å². The minimum absolute atomic E-state index is 0.0180. The van der Waals surface area contributed by atoms with Gasteiger partial charge < -0.3 is 14.8 Å². The van der Waals surface area contributed by atoms with Crippen molar-refractivity contribution in [3.8, 4) is 5.75 Å². The van der Waals surface area contributed by atoms with Crippen LogP contribution in [-0.2, 0) is 20.7 Å². The summed E-state index contributed by atoms with van der Waals surface area (Å²) >= 11 is 0. The molecule has 0 heterocycles. The largest absolute Gasteiger partial charge is 0.494 e. The first kappa shape index (κ1) is 19.7. The molecule has 0 bridgehead atoms. The van der Waals surface area contributed by atoms with E-state index < -0.39 is 5.97 Å². The molecule has 0 aliphatic heterocycles. The van der Waals surface area contributed by atoms with Gasteiger partial charge in [0.25, 0.3) is 5.91 Å². The highest BCUT2D eigenvalue weighted by Gasteiger charge is 2.21. The number of ether oxygens (including phenoxy) is 2. The number of nitrogens with one attached hydrogen (secondary N) is 1. The molecule has 146 valence electrons. The number of carbonyl (C=O) groups excluding carboxylic acids is 2. The summed E-state index contributed by atoms with van der Waals surface area (Å²) in [5.41, 5.74) is 3.28. The first-order valence-electron chi connectivity index (χ1n) is 9.60. The van der Waals surface area contributed by atoms with E-state index in [9.17, 15) is 9.59 Å². The molecule has 1 N–H and O–H groups in total. The summed E-state index contributed by atoms with van der Waals surface area (Å²) < 4.78 is 10.4. The lowest BCUT2D eigenvalue weighted by Gasteiger charge is -2.26. The van der Waals surface area contributed by atoms with Crippen molar-refractivity contribution in [2.75, 3.05) is 13.2 Å². The Balaban J connectivity index is 1.46. The van der Waals surface area contributed by atoms with Gasteiger partial charge in [-0.2, -0.15) is 0 Å². The predicted octanol–water partition coefficient (Wildman–Crippen LogP) is 3.84. The van der Waals surface area contributed by atoms with Gasteiger partial charge >= 0.3 is 5.97 Å². The average Bonchev–Trinajstić information content (AvgIpc) is 2.72. The van der Waals surface area contributed by atoms with Gasteiger partial charge in [0.15, 0.2) is 6.61 Å². The summed E-state index contributed by atoms with van der Waals surface area (Å²) in [5, 5.41) is 2.97. The number of aryl methyl sites for hydroxylation is 1. The Kier molecular flexibility index (Phi) is 6.84. The van der Waals surface area contributed by atoms with Crippen molar-refractivity contribution in [3.05, 3.63) is 71.3 Å². The zero-order chi connectivity index (χ0) is 19.8. The second-order valence-corrected chi connectivity index (χ2v) is 6.65. The number of carbonyl (C=O) groups is 2. The van der Waals surface area contributed by atoms with Gasteiger partial charge in [0, 0.05) is 6.08 Å². The smallest absolute Gasteiger partial charge is 0.331 e. The fraction of sp³-hybridized carbons (Fsp3) is 0.304. The van der Waals surface area contributed by atoms with Crippen LogP contribution in [-0.4, -0.2) is 25.1 Å². The highest BCUT2D eigenvalue weighted by molar-refractivity contribution is 5.89. The quantitative estimate of drug-likeness (QED) is 0.586. The van der Waals surface area contributed by atoms with Crippen molar-refractivity contribution >= 4 is 18.0 Å². The monoisotopic (exact) mass is 379 g/mol. The molecule has 0 radical (unpaired) electrons. The van der Waals surface area contributed by atoms with Crippen LogP contribution in [0.15, 0.2) is 54.6 Å². The summed E-state index contributed by atoms with van der Waals surface area (Å²) in [6.45, 7) is 2.24.